The number of aliphatic imine (C=N–C) groups is 1. The van der Waals surface area contributed by atoms with E-state index >= 15 is 0 Å². The summed E-state index contributed by atoms with van der Waals surface area (Å²) in [5.74, 6) is 0.668. The number of hydrogen-bond acceptors (Lipinski definition) is 5. The van der Waals surface area contributed by atoms with Gasteiger partial charge in [-0.2, -0.15) is 13.2 Å². The monoisotopic (exact) mass is 561 g/mol. The van der Waals surface area contributed by atoms with Gasteiger partial charge >= 0.3 is 6.18 Å². The summed E-state index contributed by atoms with van der Waals surface area (Å²) >= 11 is 1.72. The zero-order valence-electron chi connectivity index (χ0n) is 17.2. The van der Waals surface area contributed by atoms with E-state index < -0.39 is 12.7 Å². The van der Waals surface area contributed by atoms with Crippen LogP contribution in [-0.4, -0.2) is 87.0 Å². The number of halogens is 4. The molecular formula is C19H31F3IN5OS. The van der Waals surface area contributed by atoms with E-state index in [0.717, 1.165) is 26.3 Å². The molecule has 30 heavy (non-hydrogen) atoms. The summed E-state index contributed by atoms with van der Waals surface area (Å²) in [5, 5.41) is 8.63. The lowest BCUT2D eigenvalue weighted by Crippen LogP contribution is -2.46. The zero-order chi connectivity index (χ0) is 20.7. The first-order chi connectivity index (χ1) is 13.9. The van der Waals surface area contributed by atoms with E-state index in [-0.39, 0.29) is 36.1 Å². The third kappa shape index (κ3) is 8.13. The Morgan fingerprint density at radius 3 is 2.73 bits per heavy atom. The van der Waals surface area contributed by atoms with Crippen molar-refractivity contribution in [2.24, 2.45) is 4.99 Å². The largest absolute Gasteiger partial charge is 0.401 e. The van der Waals surface area contributed by atoms with Crippen LogP contribution in [0.25, 0.3) is 0 Å². The van der Waals surface area contributed by atoms with Gasteiger partial charge < -0.3 is 15.4 Å². The average Bonchev–Trinajstić information content (AvgIpc) is 3.34. The second-order valence-electron chi connectivity index (χ2n) is 7.38. The molecule has 1 aromatic heterocycles. The van der Waals surface area contributed by atoms with Crippen molar-refractivity contribution in [1.29, 1.82) is 0 Å². The molecule has 2 unspecified atom stereocenters. The number of nitrogens with zero attached hydrogens (tertiary/aromatic N) is 3. The first-order valence-electron chi connectivity index (χ1n) is 10.1. The fourth-order valence-electron chi connectivity index (χ4n) is 3.79. The second kappa shape index (κ2) is 12.4. The van der Waals surface area contributed by atoms with Gasteiger partial charge in [-0.05, 0) is 24.8 Å². The third-order valence-electron chi connectivity index (χ3n) is 5.14. The van der Waals surface area contributed by atoms with Crippen molar-refractivity contribution in [2.45, 2.75) is 31.6 Å². The molecule has 0 aliphatic carbocycles. The first-order valence-corrected chi connectivity index (χ1v) is 11.0. The number of rotatable bonds is 7. The van der Waals surface area contributed by atoms with Crippen molar-refractivity contribution in [2.75, 3.05) is 59.0 Å². The Bertz CT molecular complexity index is 641. The van der Waals surface area contributed by atoms with Crippen molar-refractivity contribution in [3.8, 4) is 0 Å². The highest BCUT2D eigenvalue weighted by atomic mass is 127. The number of ether oxygens (including phenoxy) is 1. The predicted octanol–water partition coefficient (Wildman–Crippen LogP) is 2.93. The van der Waals surface area contributed by atoms with Crippen LogP contribution >= 0.6 is 35.3 Å². The van der Waals surface area contributed by atoms with Crippen LogP contribution in [0.1, 0.15) is 24.3 Å². The molecule has 0 bridgehead atoms. The minimum absolute atomic E-state index is 0. The molecule has 2 fully saturated rings. The van der Waals surface area contributed by atoms with E-state index in [1.807, 2.05) is 13.0 Å². The van der Waals surface area contributed by atoms with Gasteiger partial charge in [-0.3, -0.25) is 14.8 Å². The minimum Gasteiger partial charge on any atom is -0.379 e. The predicted molar refractivity (Wildman–Crippen MR) is 125 cm³/mol. The van der Waals surface area contributed by atoms with Crippen LogP contribution in [0.4, 0.5) is 13.2 Å². The van der Waals surface area contributed by atoms with Crippen molar-refractivity contribution in [1.82, 2.24) is 20.4 Å². The number of nitrogens with one attached hydrogen (secondary N) is 2. The summed E-state index contributed by atoms with van der Waals surface area (Å²) in [6, 6.07) is 4.33. The summed E-state index contributed by atoms with van der Waals surface area (Å²) in [5.41, 5.74) is 0. The highest BCUT2D eigenvalue weighted by Gasteiger charge is 2.34. The van der Waals surface area contributed by atoms with Crippen LogP contribution in [0, 0.1) is 0 Å². The highest BCUT2D eigenvalue weighted by molar-refractivity contribution is 14.0. The third-order valence-corrected chi connectivity index (χ3v) is 6.11. The lowest BCUT2D eigenvalue weighted by atomic mass is 10.2. The number of alkyl halides is 3. The molecule has 172 valence electrons. The number of guanidine groups is 1. The second-order valence-corrected chi connectivity index (χ2v) is 8.36. The maximum Gasteiger partial charge on any atom is 0.401 e. The van der Waals surface area contributed by atoms with Gasteiger partial charge in [-0.1, -0.05) is 6.07 Å². The van der Waals surface area contributed by atoms with Crippen LogP contribution in [-0.2, 0) is 4.74 Å². The van der Waals surface area contributed by atoms with Crippen LogP contribution in [0.2, 0.25) is 0 Å². The Morgan fingerprint density at radius 1 is 1.33 bits per heavy atom. The summed E-state index contributed by atoms with van der Waals surface area (Å²) in [7, 11) is 0. The SMILES string of the molecule is CCNC(=NCC(c1cccs1)N1CCOCC1)NC1CCN(CC(F)(F)F)C1.I. The molecule has 0 radical (unpaired) electrons. The van der Waals surface area contributed by atoms with Crippen LogP contribution in [0.3, 0.4) is 0 Å². The van der Waals surface area contributed by atoms with E-state index in [0.29, 0.717) is 38.6 Å². The minimum atomic E-state index is -4.15. The quantitative estimate of drug-likeness (QED) is 0.305. The van der Waals surface area contributed by atoms with E-state index in [1.165, 1.54) is 9.78 Å². The molecule has 0 amide bonds. The van der Waals surface area contributed by atoms with E-state index in [1.54, 1.807) is 11.3 Å². The Labute approximate surface area is 197 Å². The van der Waals surface area contributed by atoms with Gasteiger partial charge in [0, 0.05) is 43.6 Å². The van der Waals surface area contributed by atoms with Crippen molar-refractivity contribution < 1.29 is 17.9 Å². The van der Waals surface area contributed by atoms with Crippen molar-refractivity contribution >= 4 is 41.3 Å². The van der Waals surface area contributed by atoms with E-state index in [9.17, 15) is 13.2 Å². The standard InChI is InChI=1S/C19H30F3N5OS.HI/c1-2-23-18(25-15-5-6-26(13-15)14-19(20,21)22)24-12-16(17-4-3-11-29-17)27-7-9-28-10-8-27;/h3-4,11,15-16H,2,5-10,12-14H2,1H3,(H2,23,24,25);1H. The Balaban J connectivity index is 0.00000320. The fourth-order valence-corrected chi connectivity index (χ4v) is 4.65. The fraction of sp³-hybridized carbons (Fsp3) is 0.737. The molecule has 2 saturated heterocycles. The summed E-state index contributed by atoms with van der Waals surface area (Å²) in [6.45, 7) is 6.44. The van der Waals surface area contributed by atoms with Gasteiger partial charge in [-0.25, -0.2) is 0 Å². The van der Waals surface area contributed by atoms with Gasteiger partial charge in [0.25, 0.3) is 0 Å². The summed E-state index contributed by atoms with van der Waals surface area (Å²) < 4.78 is 43.4. The van der Waals surface area contributed by atoms with Gasteiger partial charge in [0.1, 0.15) is 0 Å². The molecule has 1 aromatic rings. The van der Waals surface area contributed by atoms with Gasteiger partial charge in [0.2, 0.25) is 0 Å². The summed E-state index contributed by atoms with van der Waals surface area (Å²) in [6.07, 6.45) is -3.47. The Kier molecular flexibility index (Phi) is 10.6. The first kappa shape index (κ1) is 25.6. The van der Waals surface area contributed by atoms with Crippen LogP contribution in [0.5, 0.6) is 0 Å². The molecule has 2 aliphatic rings. The normalized spacial score (nSPS) is 22.5. The number of morpholine rings is 1. The van der Waals surface area contributed by atoms with Crippen LogP contribution in [0.15, 0.2) is 22.5 Å². The lowest BCUT2D eigenvalue weighted by molar-refractivity contribution is -0.143. The maximum atomic E-state index is 12.6. The lowest BCUT2D eigenvalue weighted by Gasteiger charge is -2.33. The molecule has 0 aromatic carbocycles. The van der Waals surface area contributed by atoms with Gasteiger partial charge in [0.15, 0.2) is 5.96 Å². The van der Waals surface area contributed by atoms with Crippen molar-refractivity contribution in [3.05, 3.63) is 22.4 Å². The van der Waals surface area contributed by atoms with E-state index in [2.05, 4.69) is 27.0 Å². The smallest absolute Gasteiger partial charge is 0.379 e. The Hall–Kier alpha value is -0.630. The molecule has 3 heterocycles. The van der Waals surface area contributed by atoms with Crippen molar-refractivity contribution in [3.63, 3.8) is 0 Å². The number of likely N-dealkylation sites (tertiary alicyclic amines) is 1. The molecule has 3 rings (SSSR count). The summed E-state index contributed by atoms with van der Waals surface area (Å²) in [4.78, 5) is 9.89. The average molecular weight is 561 g/mol. The molecule has 0 saturated carbocycles. The van der Waals surface area contributed by atoms with E-state index in [4.69, 9.17) is 9.73 Å². The topological polar surface area (TPSA) is 52.1 Å². The van der Waals surface area contributed by atoms with Crippen LogP contribution < -0.4 is 10.6 Å². The molecule has 2 atom stereocenters. The zero-order valence-corrected chi connectivity index (χ0v) is 20.3. The Morgan fingerprint density at radius 2 is 2.10 bits per heavy atom. The van der Waals surface area contributed by atoms with Gasteiger partial charge in [0.05, 0.1) is 32.3 Å². The number of thiophene rings is 1. The highest BCUT2D eigenvalue weighted by Crippen LogP contribution is 2.26. The maximum absolute atomic E-state index is 12.6. The molecule has 6 nitrogen and oxygen atoms in total. The molecule has 11 heteroatoms. The number of hydrogen-bond donors (Lipinski definition) is 2. The molecule has 2 aliphatic heterocycles. The molecular weight excluding hydrogens is 530 g/mol. The molecule has 2 N–H and O–H groups in total. The molecule has 0 spiro atoms. The van der Waals surface area contributed by atoms with Gasteiger partial charge in [-0.15, -0.1) is 35.3 Å².